The minimum absolute atomic E-state index is 0.304. The number of benzene rings is 2. The van der Waals surface area contributed by atoms with E-state index < -0.39 is 0 Å². The SMILES string of the molecule is CCOc1ccc(NC(=O)c2cc(Br)ccc2Cl)cc1Cl. The Morgan fingerprint density at radius 1 is 1.19 bits per heavy atom. The van der Waals surface area contributed by atoms with E-state index >= 15 is 0 Å². The molecule has 6 heteroatoms. The number of halogens is 3. The number of hydrogen-bond acceptors (Lipinski definition) is 2. The van der Waals surface area contributed by atoms with Gasteiger partial charge in [-0.1, -0.05) is 39.1 Å². The lowest BCUT2D eigenvalue weighted by molar-refractivity contribution is 0.102. The van der Waals surface area contributed by atoms with Crippen LogP contribution < -0.4 is 10.1 Å². The van der Waals surface area contributed by atoms with Gasteiger partial charge in [-0.15, -0.1) is 0 Å². The smallest absolute Gasteiger partial charge is 0.257 e. The number of rotatable bonds is 4. The maximum absolute atomic E-state index is 12.2. The summed E-state index contributed by atoms with van der Waals surface area (Å²) >= 11 is 15.4. The van der Waals surface area contributed by atoms with Gasteiger partial charge >= 0.3 is 0 Å². The van der Waals surface area contributed by atoms with E-state index in [1.54, 1.807) is 36.4 Å². The predicted molar refractivity (Wildman–Crippen MR) is 89.7 cm³/mol. The highest BCUT2D eigenvalue weighted by Crippen LogP contribution is 2.28. The van der Waals surface area contributed by atoms with Crippen molar-refractivity contribution in [1.29, 1.82) is 0 Å². The van der Waals surface area contributed by atoms with Crippen LogP contribution in [-0.4, -0.2) is 12.5 Å². The molecule has 1 amide bonds. The number of nitrogens with one attached hydrogen (secondary N) is 1. The van der Waals surface area contributed by atoms with Crippen LogP contribution in [0.5, 0.6) is 5.75 Å². The van der Waals surface area contributed by atoms with Gasteiger partial charge < -0.3 is 10.1 Å². The molecule has 2 aromatic rings. The lowest BCUT2D eigenvalue weighted by Gasteiger charge is -2.10. The van der Waals surface area contributed by atoms with E-state index in [0.717, 1.165) is 4.47 Å². The van der Waals surface area contributed by atoms with Crippen LogP contribution in [0.1, 0.15) is 17.3 Å². The standard InChI is InChI=1S/C15H12BrCl2NO2/c1-2-21-14-6-4-10(8-13(14)18)19-15(20)11-7-9(16)3-5-12(11)17/h3-8H,2H2,1H3,(H,19,20). The molecule has 21 heavy (non-hydrogen) atoms. The first kappa shape index (κ1) is 16.1. The average molecular weight is 389 g/mol. The van der Waals surface area contributed by atoms with Gasteiger partial charge in [-0.25, -0.2) is 0 Å². The first-order valence-electron chi connectivity index (χ1n) is 6.20. The molecule has 0 aliphatic carbocycles. The summed E-state index contributed by atoms with van der Waals surface area (Å²) in [6.45, 7) is 2.40. The third kappa shape index (κ3) is 4.13. The second-order valence-electron chi connectivity index (χ2n) is 4.16. The number of hydrogen-bond donors (Lipinski definition) is 1. The Morgan fingerprint density at radius 3 is 2.62 bits per heavy atom. The Bertz CT molecular complexity index is 677. The van der Waals surface area contributed by atoms with Crippen molar-refractivity contribution in [2.75, 3.05) is 11.9 Å². The molecule has 0 aromatic heterocycles. The Balaban J connectivity index is 2.19. The third-order valence-electron chi connectivity index (χ3n) is 2.66. The summed E-state index contributed by atoms with van der Waals surface area (Å²) in [4.78, 5) is 12.2. The molecule has 0 saturated carbocycles. The summed E-state index contributed by atoms with van der Waals surface area (Å²) in [5.41, 5.74) is 0.959. The van der Waals surface area contributed by atoms with E-state index in [1.807, 2.05) is 6.92 Å². The summed E-state index contributed by atoms with van der Waals surface area (Å²) in [5, 5.41) is 3.57. The van der Waals surface area contributed by atoms with Crippen molar-refractivity contribution in [3.05, 3.63) is 56.5 Å². The molecule has 3 nitrogen and oxygen atoms in total. The molecule has 0 aliphatic rings. The molecule has 1 N–H and O–H groups in total. The van der Waals surface area contributed by atoms with Crippen LogP contribution in [0.25, 0.3) is 0 Å². The van der Waals surface area contributed by atoms with Crippen molar-refractivity contribution in [3.8, 4) is 5.75 Å². The van der Waals surface area contributed by atoms with Crippen molar-refractivity contribution in [2.45, 2.75) is 6.92 Å². The molecule has 0 saturated heterocycles. The number of ether oxygens (including phenoxy) is 1. The Morgan fingerprint density at radius 2 is 1.95 bits per heavy atom. The lowest BCUT2D eigenvalue weighted by Crippen LogP contribution is -2.12. The lowest BCUT2D eigenvalue weighted by atomic mass is 10.2. The Hall–Kier alpha value is -1.23. The highest BCUT2D eigenvalue weighted by Gasteiger charge is 2.12. The third-order valence-corrected chi connectivity index (χ3v) is 3.78. The Kier molecular flexibility index (Phi) is 5.51. The van der Waals surface area contributed by atoms with E-state index in [4.69, 9.17) is 27.9 Å². The zero-order valence-corrected chi connectivity index (χ0v) is 14.2. The van der Waals surface area contributed by atoms with Crippen molar-refractivity contribution in [1.82, 2.24) is 0 Å². The molecule has 110 valence electrons. The second kappa shape index (κ2) is 7.16. The number of amides is 1. The predicted octanol–water partition coefficient (Wildman–Crippen LogP) is 5.41. The van der Waals surface area contributed by atoms with Crippen LogP contribution in [0.4, 0.5) is 5.69 Å². The molecule has 0 unspecified atom stereocenters. The maximum atomic E-state index is 12.2. The minimum Gasteiger partial charge on any atom is -0.492 e. The van der Waals surface area contributed by atoms with E-state index in [2.05, 4.69) is 21.2 Å². The first-order valence-corrected chi connectivity index (χ1v) is 7.75. The summed E-state index contributed by atoms with van der Waals surface area (Å²) in [5.74, 6) is 0.277. The molecular weight excluding hydrogens is 377 g/mol. The highest BCUT2D eigenvalue weighted by atomic mass is 79.9. The van der Waals surface area contributed by atoms with Crippen LogP contribution in [0.15, 0.2) is 40.9 Å². The monoisotopic (exact) mass is 387 g/mol. The molecule has 0 heterocycles. The van der Waals surface area contributed by atoms with Gasteiger partial charge in [0.1, 0.15) is 5.75 Å². The summed E-state index contributed by atoms with van der Waals surface area (Å²) in [6.07, 6.45) is 0. The largest absolute Gasteiger partial charge is 0.492 e. The van der Waals surface area contributed by atoms with Gasteiger partial charge in [0.05, 0.1) is 22.2 Å². The molecule has 2 aromatic carbocycles. The molecule has 0 radical (unpaired) electrons. The van der Waals surface area contributed by atoms with Gasteiger partial charge in [-0.3, -0.25) is 4.79 Å². The van der Waals surface area contributed by atoms with Gasteiger partial charge in [0.2, 0.25) is 0 Å². The van der Waals surface area contributed by atoms with Crippen LogP contribution >= 0.6 is 39.1 Å². The quantitative estimate of drug-likeness (QED) is 0.760. The summed E-state index contributed by atoms with van der Waals surface area (Å²) in [7, 11) is 0. The normalized spacial score (nSPS) is 10.3. The topological polar surface area (TPSA) is 38.3 Å². The molecule has 0 spiro atoms. The summed E-state index contributed by atoms with van der Waals surface area (Å²) in [6, 6.07) is 10.2. The number of anilines is 1. The van der Waals surface area contributed by atoms with E-state index in [0.29, 0.717) is 33.7 Å². The first-order chi connectivity index (χ1) is 10.0. The van der Waals surface area contributed by atoms with Crippen molar-refractivity contribution in [2.24, 2.45) is 0 Å². The summed E-state index contributed by atoms with van der Waals surface area (Å²) < 4.78 is 6.12. The van der Waals surface area contributed by atoms with Crippen molar-refractivity contribution >= 4 is 50.7 Å². The van der Waals surface area contributed by atoms with E-state index in [9.17, 15) is 4.79 Å². The van der Waals surface area contributed by atoms with Gasteiger partial charge in [0, 0.05) is 10.2 Å². The fourth-order valence-electron chi connectivity index (χ4n) is 1.72. The second-order valence-corrected chi connectivity index (χ2v) is 5.89. The number of carbonyl (C=O) groups is 1. The highest BCUT2D eigenvalue weighted by molar-refractivity contribution is 9.10. The molecule has 0 atom stereocenters. The van der Waals surface area contributed by atoms with Gasteiger partial charge in [0.25, 0.3) is 5.91 Å². The average Bonchev–Trinajstić information content (AvgIpc) is 2.44. The zero-order valence-electron chi connectivity index (χ0n) is 11.1. The van der Waals surface area contributed by atoms with Crippen LogP contribution in [0.3, 0.4) is 0 Å². The molecule has 0 bridgehead atoms. The zero-order chi connectivity index (χ0) is 15.4. The Labute approximate surface area is 141 Å². The minimum atomic E-state index is -0.304. The van der Waals surface area contributed by atoms with Crippen LogP contribution in [-0.2, 0) is 0 Å². The fraction of sp³-hybridized carbons (Fsp3) is 0.133. The molecular formula is C15H12BrCl2NO2. The fourth-order valence-corrected chi connectivity index (χ4v) is 2.52. The van der Waals surface area contributed by atoms with Gasteiger partial charge in [-0.2, -0.15) is 0 Å². The van der Waals surface area contributed by atoms with Crippen molar-refractivity contribution in [3.63, 3.8) is 0 Å². The van der Waals surface area contributed by atoms with Gasteiger partial charge in [0.15, 0.2) is 0 Å². The molecule has 0 aliphatic heterocycles. The number of carbonyl (C=O) groups excluding carboxylic acids is 1. The van der Waals surface area contributed by atoms with Crippen LogP contribution in [0, 0.1) is 0 Å². The van der Waals surface area contributed by atoms with Crippen LogP contribution in [0.2, 0.25) is 10.0 Å². The van der Waals surface area contributed by atoms with E-state index in [1.165, 1.54) is 0 Å². The van der Waals surface area contributed by atoms with E-state index in [-0.39, 0.29) is 5.91 Å². The molecule has 2 rings (SSSR count). The van der Waals surface area contributed by atoms with Gasteiger partial charge in [-0.05, 0) is 43.3 Å². The molecule has 0 fully saturated rings. The van der Waals surface area contributed by atoms with Crippen molar-refractivity contribution < 1.29 is 9.53 Å². The maximum Gasteiger partial charge on any atom is 0.257 e.